The average molecular weight is 306 g/mol. The normalized spacial score (nSPS) is 18.1. The molecule has 0 bridgehead atoms. The summed E-state index contributed by atoms with van der Waals surface area (Å²) in [5.74, 6) is 1.85. The Morgan fingerprint density at radius 2 is 1.55 bits per heavy atom. The summed E-state index contributed by atoms with van der Waals surface area (Å²) in [6.45, 7) is 13.1. The first-order chi connectivity index (χ1) is 10.4. The zero-order valence-corrected chi connectivity index (χ0v) is 14.8. The van der Waals surface area contributed by atoms with E-state index in [0.717, 1.165) is 43.2 Å². The van der Waals surface area contributed by atoms with E-state index < -0.39 is 0 Å². The first kappa shape index (κ1) is 17.1. The van der Waals surface area contributed by atoms with Gasteiger partial charge in [-0.15, -0.1) is 0 Å². The van der Waals surface area contributed by atoms with Gasteiger partial charge in [-0.25, -0.2) is 0 Å². The largest absolute Gasteiger partial charge is 0.496 e. The van der Waals surface area contributed by atoms with Crippen LogP contribution in [0.25, 0.3) is 0 Å². The third kappa shape index (κ3) is 3.55. The highest BCUT2D eigenvalue weighted by Crippen LogP contribution is 2.46. The van der Waals surface area contributed by atoms with Crippen molar-refractivity contribution in [2.45, 2.75) is 33.7 Å². The zero-order valence-electron chi connectivity index (χ0n) is 14.8. The fourth-order valence-electron chi connectivity index (χ4n) is 3.44. The molecule has 1 aliphatic rings. The van der Waals surface area contributed by atoms with Gasteiger partial charge in [0.05, 0.1) is 19.8 Å². The molecule has 22 heavy (non-hydrogen) atoms. The third-order valence-electron chi connectivity index (χ3n) is 4.30. The first-order valence-electron chi connectivity index (χ1n) is 8.05. The van der Waals surface area contributed by atoms with Crippen LogP contribution < -0.4 is 14.8 Å². The molecule has 1 fully saturated rings. The Balaban J connectivity index is 2.55. The maximum Gasteiger partial charge on any atom is 0.127 e. The topological polar surface area (TPSA) is 33.7 Å². The Morgan fingerprint density at radius 3 is 1.95 bits per heavy atom. The highest BCUT2D eigenvalue weighted by atomic mass is 16.5. The Morgan fingerprint density at radius 1 is 1.05 bits per heavy atom. The molecule has 0 radical (unpaired) electrons. The van der Waals surface area contributed by atoms with Crippen molar-refractivity contribution in [1.29, 1.82) is 0 Å². The molecule has 0 saturated carbocycles. The molecule has 0 spiro atoms. The number of aryl methyl sites for hydroxylation is 1. The number of nitrogens with zero attached hydrogens (tertiary/aromatic N) is 1. The lowest BCUT2D eigenvalue weighted by molar-refractivity contribution is 0.0820. The molecule has 1 aliphatic heterocycles. The van der Waals surface area contributed by atoms with E-state index in [-0.39, 0.29) is 11.5 Å². The second-order valence-electron chi connectivity index (χ2n) is 7.14. The number of methoxy groups -OCH3 is 2. The summed E-state index contributed by atoms with van der Waals surface area (Å²) in [6.07, 6.45) is 0. The molecule has 1 N–H and O–H groups in total. The summed E-state index contributed by atoms with van der Waals surface area (Å²) in [5.41, 5.74) is 2.42. The van der Waals surface area contributed by atoms with E-state index in [1.807, 2.05) is 0 Å². The lowest BCUT2D eigenvalue weighted by atomic mass is 9.80. The predicted octanol–water partition coefficient (Wildman–Crippen LogP) is 3.00. The first-order valence-corrected chi connectivity index (χ1v) is 8.05. The van der Waals surface area contributed by atoms with Crippen molar-refractivity contribution in [1.82, 2.24) is 10.2 Å². The monoisotopic (exact) mass is 306 g/mol. The third-order valence-corrected chi connectivity index (χ3v) is 4.30. The fraction of sp³-hybridized carbons (Fsp3) is 0.667. The molecule has 124 valence electrons. The van der Waals surface area contributed by atoms with E-state index in [1.54, 1.807) is 14.2 Å². The van der Waals surface area contributed by atoms with Crippen LogP contribution in [0, 0.1) is 12.3 Å². The van der Waals surface area contributed by atoms with E-state index >= 15 is 0 Å². The lowest BCUT2D eigenvalue weighted by Crippen LogP contribution is -2.48. The van der Waals surface area contributed by atoms with E-state index in [9.17, 15) is 0 Å². The SMILES string of the molecule is COc1cc(C)cc(OC)c1[C@@H](N1CCNCC1)C(C)(C)C. The molecule has 0 aliphatic carbocycles. The molecular weight excluding hydrogens is 276 g/mol. The van der Waals surface area contributed by atoms with Crippen LogP contribution in [0.3, 0.4) is 0 Å². The molecule has 1 atom stereocenters. The maximum absolute atomic E-state index is 5.71. The standard InChI is InChI=1S/C18H30N2O2/c1-13-11-14(21-5)16(15(12-13)22-6)17(18(2,3)4)20-9-7-19-8-10-20/h11-12,17,19H,7-10H2,1-6H3/t17-/m1/s1. The molecule has 4 heteroatoms. The van der Waals surface area contributed by atoms with Gasteiger partial charge in [-0.1, -0.05) is 20.8 Å². The van der Waals surface area contributed by atoms with Gasteiger partial charge in [0.2, 0.25) is 0 Å². The van der Waals surface area contributed by atoms with Crippen molar-refractivity contribution < 1.29 is 9.47 Å². The van der Waals surface area contributed by atoms with E-state index in [2.05, 4.69) is 50.0 Å². The van der Waals surface area contributed by atoms with Crippen LogP contribution in [0.1, 0.15) is 37.9 Å². The molecule has 4 nitrogen and oxygen atoms in total. The lowest BCUT2D eigenvalue weighted by Gasteiger charge is -2.43. The summed E-state index contributed by atoms with van der Waals surface area (Å²) in [5, 5.41) is 3.43. The fourth-order valence-corrected chi connectivity index (χ4v) is 3.44. The number of ether oxygens (including phenoxy) is 2. The van der Waals surface area contributed by atoms with Crippen LogP contribution in [0.15, 0.2) is 12.1 Å². The van der Waals surface area contributed by atoms with Gasteiger partial charge in [0.15, 0.2) is 0 Å². The van der Waals surface area contributed by atoms with Crippen molar-refractivity contribution in [3.05, 3.63) is 23.3 Å². The molecule has 1 aromatic carbocycles. The smallest absolute Gasteiger partial charge is 0.127 e. The number of benzene rings is 1. The Bertz CT molecular complexity index is 477. The summed E-state index contributed by atoms with van der Waals surface area (Å²) in [7, 11) is 3.49. The van der Waals surface area contributed by atoms with Gasteiger partial charge in [0, 0.05) is 32.2 Å². The van der Waals surface area contributed by atoms with Crippen molar-refractivity contribution in [3.8, 4) is 11.5 Å². The quantitative estimate of drug-likeness (QED) is 0.927. The number of piperazine rings is 1. The Hall–Kier alpha value is -1.26. The van der Waals surface area contributed by atoms with Crippen molar-refractivity contribution in [2.75, 3.05) is 40.4 Å². The zero-order chi connectivity index (χ0) is 16.3. The van der Waals surface area contributed by atoms with E-state index in [0.29, 0.717) is 0 Å². The molecule has 1 aromatic rings. The summed E-state index contributed by atoms with van der Waals surface area (Å²) < 4.78 is 11.4. The van der Waals surface area contributed by atoms with Gasteiger partial charge < -0.3 is 14.8 Å². The minimum atomic E-state index is 0.0904. The van der Waals surface area contributed by atoms with Crippen LogP contribution in [-0.4, -0.2) is 45.3 Å². The van der Waals surface area contributed by atoms with Gasteiger partial charge in [-0.3, -0.25) is 4.90 Å². The summed E-state index contributed by atoms with van der Waals surface area (Å²) >= 11 is 0. The number of hydrogen-bond donors (Lipinski definition) is 1. The highest BCUT2D eigenvalue weighted by Gasteiger charge is 2.36. The maximum atomic E-state index is 5.71. The number of nitrogens with one attached hydrogen (secondary N) is 1. The summed E-state index contributed by atoms with van der Waals surface area (Å²) in [6, 6.07) is 4.48. The molecule has 1 heterocycles. The second kappa shape index (κ2) is 6.88. The second-order valence-corrected chi connectivity index (χ2v) is 7.14. The molecule has 2 rings (SSSR count). The van der Waals surface area contributed by atoms with Gasteiger partial charge in [0.1, 0.15) is 11.5 Å². The average Bonchev–Trinajstić information content (AvgIpc) is 2.48. The van der Waals surface area contributed by atoms with Crippen molar-refractivity contribution in [3.63, 3.8) is 0 Å². The van der Waals surface area contributed by atoms with E-state index in [4.69, 9.17) is 9.47 Å². The van der Waals surface area contributed by atoms with E-state index in [1.165, 1.54) is 5.56 Å². The molecular formula is C18H30N2O2. The molecule has 0 aromatic heterocycles. The highest BCUT2D eigenvalue weighted by molar-refractivity contribution is 5.50. The van der Waals surface area contributed by atoms with Crippen LogP contribution in [0.2, 0.25) is 0 Å². The Kier molecular flexibility index (Phi) is 5.35. The molecule has 0 amide bonds. The number of hydrogen-bond acceptors (Lipinski definition) is 4. The van der Waals surface area contributed by atoms with Crippen LogP contribution in [-0.2, 0) is 0 Å². The van der Waals surface area contributed by atoms with Gasteiger partial charge in [-0.05, 0) is 30.0 Å². The predicted molar refractivity (Wildman–Crippen MR) is 90.9 cm³/mol. The number of rotatable bonds is 4. The van der Waals surface area contributed by atoms with Gasteiger partial charge in [-0.2, -0.15) is 0 Å². The van der Waals surface area contributed by atoms with Gasteiger partial charge in [0.25, 0.3) is 0 Å². The van der Waals surface area contributed by atoms with Gasteiger partial charge >= 0.3 is 0 Å². The minimum Gasteiger partial charge on any atom is -0.496 e. The Labute approximate surface area is 134 Å². The van der Waals surface area contributed by atoms with Crippen molar-refractivity contribution >= 4 is 0 Å². The summed E-state index contributed by atoms with van der Waals surface area (Å²) in [4.78, 5) is 2.55. The van der Waals surface area contributed by atoms with Crippen LogP contribution in [0.4, 0.5) is 0 Å². The molecule has 1 saturated heterocycles. The van der Waals surface area contributed by atoms with Crippen LogP contribution >= 0.6 is 0 Å². The van der Waals surface area contributed by atoms with Crippen LogP contribution in [0.5, 0.6) is 11.5 Å². The van der Waals surface area contributed by atoms with Crippen molar-refractivity contribution in [2.24, 2.45) is 5.41 Å². The molecule has 0 unspecified atom stereocenters. The minimum absolute atomic E-state index is 0.0904.